The second kappa shape index (κ2) is 4.77. The van der Waals surface area contributed by atoms with E-state index in [4.69, 9.17) is 21.1 Å². The molecule has 1 fully saturated rings. The van der Waals surface area contributed by atoms with Crippen LogP contribution in [0.1, 0.15) is 31.9 Å². The molecule has 0 unspecified atom stereocenters. The molecule has 2 rings (SSSR count). The monoisotopic (exact) mass is 254 g/mol. The fourth-order valence-corrected chi connectivity index (χ4v) is 2.32. The molecule has 0 saturated carbocycles. The topological polar surface area (TPSA) is 35.5 Å². The van der Waals surface area contributed by atoms with Crippen LogP contribution in [0.3, 0.4) is 0 Å². The maximum Gasteiger partial charge on any atom is 0.164 e. The molecule has 3 nitrogen and oxygen atoms in total. The van der Waals surface area contributed by atoms with Crippen molar-refractivity contribution in [2.45, 2.75) is 38.3 Å². The van der Waals surface area contributed by atoms with Gasteiger partial charge in [-0.15, -0.1) is 0 Å². The third-order valence-electron chi connectivity index (χ3n) is 2.72. The van der Waals surface area contributed by atoms with Crippen LogP contribution in [0.25, 0.3) is 0 Å². The van der Waals surface area contributed by atoms with Crippen molar-refractivity contribution in [2.24, 2.45) is 0 Å². The molecular weight excluding hydrogens is 240 g/mol. The highest BCUT2D eigenvalue weighted by Gasteiger charge is 2.42. The molecule has 0 amide bonds. The van der Waals surface area contributed by atoms with Crippen LogP contribution in [0.4, 0.5) is 0 Å². The molecule has 0 aromatic heterocycles. The fourth-order valence-electron chi connectivity index (χ4n) is 2.07. The predicted octanol–water partition coefficient (Wildman–Crippen LogP) is 3.12. The molecule has 92 valence electrons. The lowest BCUT2D eigenvalue weighted by atomic mass is 10.0. The Kier molecular flexibility index (Phi) is 3.52. The molecular formula is C13H15ClO3. The van der Waals surface area contributed by atoms with Crippen LogP contribution in [0.2, 0.25) is 5.02 Å². The van der Waals surface area contributed by atoms with Gasteiger partial charge in [-0.2, -0.15) is 0 Å². The van der Waals surface area contributed by atoms with Gasteiger partial charge in [-0.25, -0.2) is 0 Å². The van der Waals surface area contributed by atoms with E-state index < -0.39 is 5.79 Å². The molecule has 0 spiro atoms. The van der Waals surface area contributed by atoms with E-state index in [1.807, 2.05) is 38.1 Å². The number of hydrogen-bond donors (Lipinski definition) is 0. The number of carbonyl (C=O) groups excluding carboxylic acids is 1. The second-order valence-electron chi connectivity index (χ2n) is 4.52. The Hall–Kier alpha value is -0.900. The molecule has 1 aliphatic heterocycles. The minimum absolute atomic E-state index is 0.276. The summed E-state index contributed by atoms with van der Waals surface area (Å²) in [5.41, 5.74) is 0.867. The van der Waals surface area contributed by atoms with Gasteiger partial charge in [0, 0.05) is 17.0 Å². The summed E-state index contributed by atoms with van der Waals surface area (Å²) in [6.07, 6.45) is 0.588. The van der Waals surface area contributed by atoms with E-state index >= 15 is 0 Å². The summed E-state index contributed by atoms with van der Waals surface area (Å²) < 4.78 is 11.5. The lowest BCUT2D eigenvalue weighted by Gasteiger charge is -2.17. The first kappa shape index (κ1) is 12.6. The summed E-state index contributed by atoms with van der Waals surface area (Å²) in [5.74, 6) is -0.683. The summed E-state index contributed by atoms with van der Waals surface area (Å²) in [7, 11) is 0. The van der Waals surface area contributed by atoms with Gasteiger partial charge in [0.15, 0.2) is 5.79 Å². The molecule has 2 atom stereocenters. The van der Waals surface area contributed by atoms with Gasteiger partial charge in [-0.3, -0.25) is 0 Å². The van der Waals surface area contributed by atoms with Crippen LogP contribution in [-0.2, 0) is 14.3 Å². The highest BCUT2D eigenvalue weighted by atomic mass is 35.5. The first-order chi connectivity index (χ1) is 8.03. The molecule has 17 heavy (non-hydrogen) atoms. The highest BCUT2D eigenvalue weighted by molar-refractivity contribution is 6.31. The number of rotatable bonds is 3. The Labute approximate surface area is 106 Å². The lowest BCUT2D eigenvalue weighted by Crippen LogP contribution is -2.21. The zero-order chi connectivity index (χ0) is 12.5. The third kappa shape index (κ3) is 2.68. The number of benzene rings is 1. The molecule has 0 N–H and O–H groups in total. The maximum absolute atomic E-state index is 10.7. The van der Waals surface area contributed by atoms with E-state index in [2.05, 4.69) is 0 Å². The van der Waals surface area contributed by atoms with Crippen molar-refractivity contribution in [1.29, 1.82) is 0 Å². The molecule has 0 aliphatic carbocycles. The van der Waals surface area contributed by atoms with Gasteiger partial charge in [0.2, 0.25) is 0 Å². The molecule has 0 radical (unpaired) electrons. The Morgan fingerprint density at radius 2 is 2.06 bits per heavy atom. The van der Waals surface area contributed by atoms with Crippen molar-refractivity contribution in [3.05, 3.63) is 34.9 Å². The average molecular weight is 255 g/mol. The Balaban J connectivity index is 2.30. The normalized spacial score (nSPS) is 27.0. The van der Waals surface area contributed by atoms with E-state index in [-0.39, 0.29) is 12.2 Å². The van der Waals surface area contributed by atoms with E-state index in [0.717, 1.165) is 11.8 Å². The molecule has 0 bridgehead atoms. The van der Waals surface area contributed by atoms with Crippen LogP contribution in [-0.4, -0.2) is 18.2 Å². The first-order valence-corrected chi connectivity index (χ1v) is 5.95. The van der Waals surface area contributed by atoms with Crippen LogP contribution < -0.4 is 0 Å². The molecule has 1 heterocycles. The lowest BCUT2D eigenvalue weighted by molar-refractivity contribution is -0.147. The van der Waals surface area contributed by atoms with Gasteiger partial charge < -0.3 is 14.3 Å². The number of aldehydes is 1. The zero-order valence-corrected chi connectivity index (χ0v) is 10.6. The van der Waals surface area contributed by atoms with E-state index in [1.165, 1.54) is 0 Å². The minimum atomic E-state index is -0.683. The van der Waals surface area contributed by atoms with E-state index in [9.17, 15) is 4.79 Å². The van der Waals surface area contributed by atoms with Crippen LogP contribution >= 0.6 is 11.6 Å². The van der Waals surface area contributed by atoms with Gasteiger partial charge in [-0.05, 0) is 19.9 Å². The molecule has 1 aliphatic rings. The van der Waals surface area contributed by atoms with Crippen LogP contribution in [0, 0.1) is 0 Å². The maximum atomic E-state index is 10.7. The van der Waals surface area contributed by atoms with E-state index in [1.54, 1.807) is 0 Å². The summed E-state index contributed by atoms with van der Waals surface area (Å²) in [6.45, 7) is 3.67. The number of ether oxygens (including phenoxy) is 2. The van der Waals surface area contributed by atoms with E-state index in [0.29, 0.717) is 11.4 Å². The molecule has 1 saturated heterocycles. The van der Waals surface area contributed by atoms with Crippen molar-refractivity contribution >= 4 is 17.9 Å². The highest BCUT2D eigenvalue weighted by Crippen LogP contribution is 2.41. The number of halogens is 1. The quantitative estimate of drug-likeness (QED) is 0.778. The SMILES string of the molecule is CC1(C)O[C@H](c2ccccc2Cl)[C@@H](CC=O)O1. The van der Waals surface area contributed by atoms with Crippen LogP contribution in [0.5, 0.6) is 0 Å². The second-order valence-corrected chi connectivity index (χ2v) is 4.93. The first-order valence-electron chi connectivity index (χ1n) is 5.57. The summed E-state index contributed by atoms with van der Waals surface area (Å²) >= 11 is 6.14. The molecule has 1 aromatic rings. The Morgan fingerprint density at radius 3 is 2.71 bits per heavy atom. The fraction of sp³-hybridized carbons (Fsp3) is 0.462. The van der Waals surface area contributed by atoms with Crippen LogP contribution in [0.15, 0.2) is 24.3 Å². The molecule has 4 heteroatoms. The van der Waals surface area contributed by atoms with Crippen molar-refractivity contribution in [2.75, 3.05) is 0 Å². The van der Waals surface area contributed by atoms with Crippen molar-refractivity contribution < 1.29 is 14.3 Å². The number of hydrogen-bond acceptors (Lipinski definition) is 3. The van der Waals surface area contributed by atoms with Crippen molar-refractivity contribution in [3.63, 3.8) is 0 Å². The third-order valence-corrected chi connectivity index (χ3v) is 3.07. The average Bonchev–Trinajstić information content (AvgIpc) is 2.55. The summed E-state index contributed by atoms with van der Waals surface area (Å²) in [5, 5.41) is 0.634. The van der Waals surface area contributed by atoms with Crippen molar-refractivity contribution in [1.82, 2.24) is 0 Å². The Bertz CT molecular complexity index is 417. The largest absolute Gasteiger partial charge is 0.344 e. The van der Waals surface area contributed by atoms with Gasteiger partial charge in [0.25, 0.3) is 0 Å². The standard InChI is InChI=1S/C13H15ClO3/c1-13(2)16-11(7-8-15)12(17-13)9-5-3-4-6-10(9)14/h3-6,8,11-12H,7H2,1-2H3/t11-,12-/m1/s1. The van der Waals surface area contributed by atoms with Gasteiger partial charge in [-0.1, -0.05) is 29.8 Å². The summed E-state index contributed by atoms with van der Waals surface area (Å²) in [6, 6.07) is 7.47. The summed E-state index contributed by atoms with van der Waals surface area (Å²) in [4.78, 5) is 10.7. The Morgan fingerprint density at radius 1 is 1.35 bits per heavy atom. The van der Waals surface area contributed by atoms with Gasteiger partial charge in [0.05, 0.1) is 6.10 Å². The van der Waals surface area contributed by atoms with Crippen molar-refractivity contribution in [3.8, 4) is 0 Å². The predicted molar refractivity (Wildman–Crippen MR) is 64.9 cm³/mol. The molecule has 1 aromatic carbocycles. The smallest absolute Gasteiger partial charge is 0.164 e. The minimum Gasteiger partial charge on any atom is -0.344 e. The number of carbonyl (C=O) groups is 1. The van der Waals surface area contributed by atoms with Gasteiger partial charge >= 0.3 is 0 Å². The zero-order valence-electron chi connectivity index (χ0n) is 9.85. The van der Waals surface area contributed by atoms with Gasteiger partial charge in [0.1, 0.15) is 12.4 Å².